The summed E-state index contributed by atoms with van der Waals surface area (Å²) in [6.45, 7) is 20.8. The van der Waals surface area contributed by atoms with Gasteiger partial charge in [0.2, 0.25) is 5.91 Å². The predicted molar refractivity (Wildman–Crippen MR) is 96.5 cm³/mol. The van der Waals surface area contributed by atoms with Crippen LogP contribution >= 0.6 is 0 Å². The van der Waals surface area contributed by atoms with Gasteiger partial charge in [0, 0.05) is 44.2 Å². The zero-order chi connectivity index (χ0) is 17.3. The summed E-state index contributed by atoms with van der Waals surface area (Å²) in [6, 6.07) is 0. The second-order valence-corrected chi connectivity index (χ2v) is 9.59. The van der Waals surface area contributed by atoms with Crippen molar-refractivity contribution < 1.29 is 4.79 Å². The highest BCUT2D eigenvalue weighted by atomic mass is 16.2. The van der Waals surface area contributed by atoms with Crippen molar-refractivity contribution in [1.29, 1.82) is 0 Å². The Balaban J connectivity index is 1.78. The third-order valence-corrected chi connectivity index (χ3v) is 5.17. The van der Waals surface area contributed by atoms with E-state index in [0.717, 1.165) is 58.7 Å². The maximum Gasteiger partial charge on any atom is 0.225 e. The lowest BCUT2D eigenvalue weighted by Gasteiger charge is -2.43. The van der Waals surface area contributed by atoms with Crippen LogP contribution in [0, 0.1) is 11.3 Å². The number of hydrogen-bond acceptors (Lipinski definition) is 3. The average molecular weight is 324 g/mol. The molecule has 134 valence electrons. The average Bonchev–Trinajstić information content (AvgIpc) is 2.45. The van der Waals surface area contributed by atoms with Gasteiger partial charge in [-0.2, -0.15) is 0 Å². The molecule has 0 aromatic carbocycles. The summed E-state index contributed by atoms with van der Waals surface area (Å²) in [5, 5.41) is 0. The van der Waals surface area contributed by atoms with Crippen molar-refractivity contribution in [3.63, 3.8) is 0 Å². The van der Waals surface area contributed by atoms with Gasteiger partial charge in [-0.1, -0.05) is 20.8 Å². The van der Waals surface area contributed by atoms with Crippen molar-refractivity contribution in [3.05, 3.63) is 0 Å². The van der Waals surface area contributed by atoms with Crippen LogP contribution in [0.15, 0.2) is 0 Å². The number of hydrogen-bond donors (Lipinski definition) is 0. The van der Waals surface area contributed by atoms with Crippen LogP contribution in [-0.2, 0) is 4.79 Å². The molecule has 4 heteroatoms. The lowest BCUT2D eigenvalue weighted by Crippen LogP contribution is -2.56. The Bertz CT molecular complexity index is 392. The quantitative estimate of drug-likeness (QED) is 0.782. The summed E-state index contributed by atoms with van der Waals surface area (Å²) < 4.78 is 0. The predicted octanol–water partition coefficient (Wildman–Crippen LogP) is 2.69. The fourth-order valence-electron chi connectivity index (χ4n) is 3.86. The van der Waals surface area contributed by atoms with Crippen LogP contribution in [0.1, 0.15) is 54.4 Å². The summed E-state index contributed by atoms with van der Waals surface area (Å²) in [6.07, 6.45) is 2.07. The SMILES string of the molecule is CC(C)(C)CN1CCC(C(=O)N2CCN(C(C)(C)C)CC2)CC1. The van der Waals surface area contributed by atoms with Crippen molar-refractivity contribution in [2.24, 2.45) is 11.3 Å². The van der Waals surface area contributed by atoms with Gasteiger partial charge < -0.3 is 9.80 Å². The first-order valence-electron chi connectivity index (χ1n) is 9.32. The van der Waals surface area contributed by atoms with E-state index in [1.165, 1.54) is 0 Å². The number of rotatable bonds is 2. The number of piperazine rings is 1. The molecular formula is C19H37N3O. The van der Waals surface area contributed by atoms with Crippen LogP contribution in [0.3, 0.4) is 0 Å². The minimum absolute atomic E-state index is 0.216. The van der Waals surface area contributed by atoms with Crippen LogP contribution in [0.2, 0.25) is 0 Å². The first-order chi connectivity index (χ1) is 10.6. The molecular weight excluding hydrogens is 286 g/mol. The molecule has 0 spiro atoms. The molecule has 0 bridgehead atoms. The number of amides is 1. The van der Waals surface area contributed by atoms with Crippen molar-refractivity contribution in [2.45, 2.75) is 59.9 Å². The Morgan fingerprint density at radius 2 is 1.39 bits per heavy atom. The van der Waals surface area contributed by atoms with E-state index in [9.17, 15) is 4.79 Å². The minimum Gasteiger partial charge on any atom is -0.340 e. The maximum absolute atomic E-state index is 12.8. The third-order valence-electron chi connectivity index (χ3n) is 5.17. The summed E-state index contributed by atoms with van der Waals surface area (Å²) >= 11 is 0. The van der Waals surface area contributed by atoms with E-state index >= 15 is 0 Å². The molecule has 2 heterocycles. The number of carbonyl (C=O) groups is 1. The highest BCUT2D eigenvalue weighted by Crippen LogP contribution is 2.24. The lowest BCUT2D eigenvalue weighted by molar-refractivity contribution is -0.139. The summed E-state index contributed by atoms with van der Waals surface area (Å²) in [5.41, 5.74) is 0.563. The molecule has 0 unspecified atom stereocenters. The Kier molecular flexibility index (Phi) is 5.78. The monoisotopic (exact) mass is 323 g/mol. The Morgan fingerprint density at radius 1 is 0.870 bits per heavy atom. The van der Waals surface area contributed by atoms with Gasteiger partial charge in [0.25, 0.3) is 0 Å². The van der Waals surface area contributed by atoms with E-state index in [-0.39, 0.29) is 11.5 Å². The molecule has 0 aromatic heterocycles. The van der Waals surface area contributed by atoms with E-state index in [1.54, 1.807) is 0 Å². The molecule has 2 rings (SSSR count). The Morgan fingerprint density at radius 3 is 1.83 bits per heavy atom. The molecule has 2 saturated heterocycles. The molecule has 2 aliphatic heterocycles. The van der Waals surface area contributed by atoms with E-state index in [0.29, 0.717) is 11.3 Å². The van der Waals surface area contributed by atoms with Crippen molar-refractivity contribution in [2.75, 3.05) is 45.8 Å². The molecule has 0 atom stereocenters. The van der Waals surface area contributed by atoms with Crippen molar-refractivity contribution >= 4 is 5.91 Å². The maximum atomic E-state index is 12.8. The number of nitrogens with zero attached hydrogens (tertiary/aromatic N) is 3. The van der Waals surface area contributed by atoms with Crippen LogP contribution in [0.5, 0.6) is 0 Å². The number of carbonyl (C=O) groups excluding carboxylic acids is 1. The van der Waals surface area contributed by atoms with Gasteiger partial charge in [-0.15, -0.1) is 0 Å². The van der Waals surface area contributed by atoms with Gasteiger partial charge in [0.1, 0.15) is 0 Å². The zero-order valence-electron chi connectivity index (χ0n) is 16.2. The van der Waals surface area contributed by atoms with Gasteiger partial charge in [-0.3, -0.25) is 9.69 Å². The molecule has 0 radical (unpaired) electrons. The summed E-state index contributed by atoms with van der Waals surface area (Å²) in [4.78, 5) is 19.9. The standard InChI is InChI=1S/C19H37N3O/c1-18(2,3)15-20-9-7-16(8-10-20)17(23)21-11-13-22(14-12-21)19(4,5)6/h16H,7-15H2,1-6H3. The molecule has 2 fully saturated rings. The molecule has 23 heavy (non-hydrogen) atoms. The largest absolute Gasteiger partial charge is 0.340 e. The van der Waals surface area contributed by atoms with Gasteiger partial charge in [-0.05, 0) is 52.1 Å². The molecule has 0 saturated carbocycles. The Hall–Kier alpha value is -0.610. The first-order valence-corrected chi connectivity index (χ1v) is 9.32. The molecule has 1 amide bonds. The fourth-order valence-corrected chi connectivity index (χ4v) is 3.86. The van der Waals surface area contributed by atoms with E-state index in [4.69, 9.17) is 0 Å². The number of likely N-dealkylation sites (tertiary alicyclic amines) is 1. The van der Waals surface area contributed by atoms with E-state index in [2.05, 4.69) is 56.2 Å². The Labute approximate surface area is 143 Å². The molecule has 4 nitrogen and oxygen atoms in total. The van der Waals surface area contributed by atoms with E-state index in [1.807, 2.05) is 0 Å². The highest BCUT2D eigenvalue weighted by molar-refractivity contribution is 5.79. The first kappa shape index (κ1) is 18.7. The second-order valence-electron chi connectivity index (χ2n) is 9.59. The topological polar surface area (TPSA) is 26.8 Å². The van der Waals surface area contributed by atoms with Crippen LogP contribution < -0.4 is 0 Å². The smallest absolute Gasteiger partial charge is 0.225 e. The molecule has 0 N–H and O–H groups in total. The highest BCUT2D eigenvalue weighted by Gasteiger charge is 2.33. The molecule has 0 aromatic rings. The second kappa shape index (κ2) is 7.10. The number of piperidine rings is 1. The van der Waals surface area contributed by atoms with E-state index < -0.39 is 0 Å². The zero-order valence-corrected chi connectivity index (χ0v) is 16.2. The normalized spacial score (nSPS) is 23.3. The van der Waals surface area contributed by atoms with Crippen LogP contribution in [-0.4, -0.2) is 72.0 Å². The molecule has 0 aliphatic carbocycles. The lowest BCUT2D eigenvalue weighted by atomic mass is 9.91. The van der Waals surface area contributed by atoms with Crippen molar-refractivity contribution in [3.8, 4) is 0 Å². The van der Waals surface area contributed by atoms with Crippen molar-refractivity contribution in [1.82, 2.24) is 14.7 Å². The summed E-state index contributed by atoms with van der Waals surface area (Å²) in [7, 11) is 0. The van der Waals surface area contributed by atoms with Gasteiger partial charge in [0.05, 0.1) is 0 Å². The third kappa shape index (κ3) is 5.46. The fraction of sp³-hybridized carbons (Fsp3) is 0.947. The van der Waals surface area contributed by atoms with Crippen LogP contribution in [0.4, 0.5) is 0 Å². The summed E-state index contributed by atoms with van der Waals surface area (Å²) in [5.74, 6) is 0.668. The van der Waals surface area contributed by atoms with Crippen LogP contribution in [0.25, 0.3) is 0 Å². The molecule has 2 aliphatic rings. The minimum atomic E-state index is 0.216. The van der Waals surface area contributed by atoms with Gasteiger partial charge in [-0.25, -0.2) is 0 Å². The van der Waals surface area contributed by atoms with Gasteiger partial charge in [0.15, 0.2) is 0 Å². The van der Waals surface area contributed by atoms with Gasteiger partial charge >= 0.3 is 0 Å².